The summed E-state index contributed by atoms with van der Waals surface area (Å²) < 4.78 is 13.9. The molecule has 8 nitrogen and oxygen atoms in total. The van der Waals surface area contributed by atoms with Crippen LogP contribution in [0.3, 0.4) is 0 Å². The number of nitrogens with zero attached hydrogens (tertiary/aromatic N) is 3. The van der Waals surface area contributed by atoms with Gasteiger partial charge in [0.05, 0.1) is 25.5 Å². The molecular formula is C26H41BrN4O4Si. The summed E-state index contributed by atoms with van der Waals surface area (Å²) in [6.45, 7) is 14.7. The number of carbonyl (C=O) groups excluding carboxylic acids is 2. The largest absolute Gasteiger partial charge is 0.453 e. The van der Waals surface area contributed by atoms with E-state index in [0.29, 0.717) is 26.4 Å². The lowest BCUT2D eigenvalue weighted by Gasteiger charge is -2.29. The van der Waals surface area contributed by atoms with Crippen molar-refractivity contribution < 1.29 is 19.1 Å². The number of imidazole rings is 1. The van der Waals surface area contributed by atoms with Crippen LogP contribution in [0.15, 0.2) is 34.9 Å². The summed E-state index contributed by atoms with van der Waals surface area (Å²) in [6.07, 6.45) is 2.00. The van der Waals surface area contributed by atoms with Crippen LogP contribution in [-0.2, 0) is 27.5 Å². The predicted molar refractivity (Wildman–Crippen MR) is 149 cm³/mol. The fourth-order valence-corrected chi connectivity index (χ4v) is 4.69. The molecule has 0 saturated heterocycles. The lowest BCUT2D eigenvalue weighted by atomic mass is 10.0. The number of benzene rings is 1. The van der Waals surface area contributed by atoms with Gasteiger partial charge in [0, 0.05) is 25.7 Å². The third kappa shape index (κ3) is 9.04. The molecule has 1 aromatic carbocycles. The number of ether oxygens (including phenoxy) is 2. The maximum atomic E-state index is 13.5. The molecular weight excluding hydrogens is 540 g/mol. The number of aromatic nitrogens is 2. The van der Waals surface area contributed by atoms with Gasteiger partial charge in [-0.05, 0) is 36.1 Å². The van der Waals surface area contributed by atoms with Crippen molar-refractivity contribution in [1.29, 1.82) is 0 Å². The fourth-order valence-electron chi connectivity index (χ4n) is 3.67. The summed E-state index contributed by atoms with van der Waals surface area (Å²) in [5.41, 5.74) is 1.95. The van der Waals surface area contributed by atoms with Crippen LogP contribution in [-0.4, -0.2) is 60.8 Å². The molecule has 2 rings (SSSR count). The maximum Gasteiger partial charge on any atom is 0.407 e. The standard InChI is InChI=1S/C26H41BrN4O4Si/c1-8-13-30(25(32)24(19(2)3)29-26(33)34-4)17-23-28-16-22(20-9-11-21(27)12-10-20)31(23)18-35-14-15-36(5,6)7/h9-12,16,19,24H,8,13-15,17-18H2,1-7H3,(H,29,33)/t24-/m0/s1. The Labute approximate surface area is 224 Å². The van der Waals surface area contributed by atoms with Gasteiger partial charge in [0.25, 0.3) is 0 Å². The number of halogens is 1. The Bertz CT molecular complexity index is 989. The average molecular weight is 582 g/mol. The van der Waals surface area contributed by atoms with Crippen molar-refractivity contribution in [2.45, 2.75) is 72.2 Å². The van der Waals surface area contributed by atoms with Crippen molar-refractivity contribution in [2.24, 2.45) is 5.92 Å². The van der Waals surface area contributed by atoms with E-state index in [1.54, 1.807) is 4.90 Å². The van der Waals surface area contributed by atoms with Crippen molar-refractivity contribution in [1.82, 2.24) is 19.8 Å². The molecule has 0 saturated carbocycles. The predicted octanol–water partition coefficient (Wildman–Crippen LogP) is 5.74. The molecule has 0 fully saturated rings. The van der Waals surface area contributed by atoms with E-state index >= 15 is 0 Å². The number of carbonyl (C=O) groups is 2. The third-order valence-corrected chi connectivity index (χ3v) is 8.06. The third-order valence-electron chi connectivity index (χ3n) is 5.82. The van der Waals surface area contributed by atoms with Crippen LogP contribution < -0.4 is 5.32 Å². The molecule has 1 heterocycles. The smallest absolute Gasteiger partial charge is 0.407 e. The zero-order valence-corrected chi connectivity index (χ0v) is 25.2. The summed E-state index contributed by atoms with van der Waals surface area (Å²) in [6, 6.07) is 8.45. The first kappa shape index (κ1) is 30.1. The molecule has 0 unspecified atom stereocenters. The first-order chi connectivity index (χ1) is 17.0. The number of hydrogen-bond donors (Lipinski definition) is 1. The number of rotatable bonds is 13. The number of alkyl carbamates (subject to hydrolysis) is 1. The van der Waals surface area contributed by atoms with Crippen molar-refractivity contribution in [3.05, 3.63) is 40.8 Å². The van der Waals surface area contributed by atoms with Crippen LogP contribution in [0.5, 0.6) is 0 Å². The van der Waals surface area contributed by atoms with Gasteiger partial charge in [-0.25, -0.2) is 9.78 Å². The van der Waals surface area contributed by atoms with Crippen molar-refractivity contribution >= 4 is 36.0 Å². The molecule has 0 aliphatic heterocycles. The minimum absolute atomic E-state index is 0.0982. The van der Waals surface area contributed by atoms with Gasteiger partial charge in [0.15, 0.2) is 0 Å². The maximum absolute atomic E-state index is 13.5. The van der Waals surface area contributed by atoms with Crippen LogP contribution in [0.4, 0.5) is 4.79 Å². The Balaban J connectivity index is 2.35. The Kier molecular flexibility index (Phi) is 11.6. The van der Waals surface area contributed by atoms with Gasteiger partial charge < -0.3 is 24.3 Å². The van der Waals surface area contributed by atoms with Crippen LogP contribution in [0, 0.1) is 5.92 Å². The Hall–Kier alpha value is -2.17. The normalized spacial score (nSPS) is 12.5. The van der Waals surface area contributed by atoms with Crippen LogP contribution in [0.1, 0.15) is 33.0 Å². The molecule has 2 amide bonds. The van der Waals surface area contributed by atoms with Crippen molar-refractivity contribution in [2.75, 3.05) is 20.3 Å². The SMILES string of the molecule is CCCN(Cc1ncc(-c2ccc(Br)cc2)n1COCC[Si](C)(C)C)C(=O)[C@@H](NC(=O)OC)C(C)C. The molecule has 0 aliphatic rings. The molecule has 200 valence electrons. The van der Waals surface area contributed by atoms with E-state index in [1.807, 2.05) is 55.8 Å². The topological polar surface area (TPSA) is 85.7 Å². The highest BCUT2D eigenvalue weighted by Gasteiger charge is 2.30. The van der Waals surface area contributed by atoms with Crippen LogP contribution >= 0.6 is 15.9 Å². The summed E-state index contributed by atoms with van der Waals surface area (Å²) >= 11 is 3.50. The van der Waals surface area contributed by atoms with Gasteiger partial charge in [0.2, 0.25) is 5.91 Å². The molecule has 1 atom stereocenters. The summed E-state index contributed by atoms with van der Waals surface area (Å²) in [5, 5.41) is 2.69. The van der Waals surface area contributed by atoms with E-state index in [4.69, 9.17) is 14.5 Å². The van der Waals surface area contributed by atoms with Crippen LogP contribution in [0.2, 0.25) is 25.7 Å². The molecule has 2 aromatic rings. The van der Waals surface area contributed by atoms with Gasteiger partial charge in [-0.2, -0.15) is 0 Å². The van der Waals surface area contributed by atoms with E-state index < -0.39 is 20.2 Å². The molecule has 36 heavy (non-hydrogen) atoms. The van der Waals surface area contributed by atoms with Gasteiger partial charge in [-0.1, -0.05) is 68.5 Å². The molecule has 1 aromatic heterocycles. The minimum Gasteiger partial charge on any atom is -0.453 e. The van der Waals surface area contributed by atoms with Gasteiger partial charge in [-0.15, -0.1) is 0 Å². The quantitative estimate of drug-likeness (QED) is 0.241. The summed E-state index contributed by atoms with van der Waals surface area (Å²) in [5.74, 6) is 0.485. The molecule has 0 aliphatic carbocycles. The van der Waals surface area contributed by atoms with E-state index in [-0.39, 0.29) is 11.8 Å². The Morgan fingerprint density at radius 3 is 2.42 bits per heavy atom. The molecule has 0 radical (unpaired) electrons. The second-order valence-corrected chi connectivity index (χ2v) is 17.0. The number of hydrogen-bond acceptors (Lipinski definition) is 5. The first-order valence-corrected chi connectivity index (χ1v) is 17.0. The van der Waals surface area contributed by atoms with Crippen molar-refractivity contribution in [3.8, 4) is 11.3 Å². The highest BCUT2D eigenvalue weighted by Crippen LogP contribution is 2.24. The van der Waals surface area contributed by atoms with Gasteiger partial charge in [0.1, 0.15) is 18.6 Å². The monoisotopic (exact) mass is 580 g/mol. The zero-order chi connectivity index (χ0) is 26.9. The Morgan fingerprint density at radius 2 is 1.86 bits per heavy atom. The van der Waals surface area contributed by atoms with E-state index in [2.05, 4.69) is 40.9 Å². The number of methoxy groups -OCH3 is 1. The van der Waals surface area contributed by atoms with Gasteiger partial charge in [-0.3, -0.25) is 4.79 Å². The van der Waals surface area contributed by atoms with Crippen LogP contribution in [0.25, 0.3) is 11.3 Å². The highest BCUT2D eigenvalue weighted by molar-refractivity contribution is 9.10. The van der Waals surface area contributed by atoms with E-state index in [0.717, 1.165) is 34.0 Å². The second kappa shape index (κ2) is 13.9. The number of nitrogens with one attached hydrogen (secondary N) is 1. The van der Waals surface area contributed by atoms with Gasteiger partial charge >= 0.3 is 6.09 Å². The molecule has 0 bridgehead atoms. The van der Waals surface area contributed by atoms with E-state index in [9.17, 15) is 9.59 Å². The molecule has 0 spiro atoms. The minimum atomic E-state index is -1.22. The van der Waals surface area contributed by atoms with E-state index in [1.165, 1.54) is 7.11 Å². The fraction of sp³-hybridized carbons (Fsp3) is 0.577. The average Bonchev–Trinajstić information content (AvgIpc) is 3.21. The van der Waals surface area contributed by atoms with Crippen molar-refractivity contribution in [3.63, 3.8) is 0 Å². The first-order valence-electron chi connectivity index (χ1n) is 12.5. The molecule has 10 heteroatoms. The lowest BCUT2D eigenvalue weighted by Crippen LogP contribution is -2.51. The number of amides is 2. The summed E-state index contributed by atoms with van der Waals surface area (Å²) in [7, 11) is 0.0738. The Morgan fingerprint density at radius 1 is 1.19 bits per heavy atom. The highest BCUT2D eigenvalue weighted by atomic mass is 79.9. The second-order valence-electron chi connectivity index (χ2n) is 10.5. The zero-order valence-electron chi connectivity index (χ0n) is 22.6. The molecule has 1 N–H and O–H groups in total. The lowest BCUT2D eigenvalue weighted by molar-refractivity contribution is -0.135. The summed E-state index contributed by atoms with van der Waals surface area (Å²) in [4.78, 5) is 31.9.